The number of hydrogen-bond acceptors (Lipinski definition) is 14. The summed E-state index contributed by atoms with van der Waals surface area (Å²) in [7, 11) is -11.8. The van der Waals surface area contributed by atoms with Crippen molar-refractivity contribution in [3.8, 4) is 0 Å². The van der Waals surface area contributed by atoms with E-state index in [1.54, 1.807) is 133 Å². The molecule has 1 spiro atoms. The molecule has 0 radical (unpaired) electrons. The maximum Gasteiger partial charge on any atom is 0.418 e. The minimum atomic E-state index is -4.31. The Morgan fingerprint density at radius 1 is 0.588 bits per heavy atom. The Bertz CT molecular complexity index is 4920. The molecule has 0 saturated carbocycles. The van der Waals surface area contributed by atoms with Gasteiger partial charge < -0.3 is 37.9 Å². The van der Waals surface area contributed by atoms with Gasteiger partial charge in [0.05, 0.1) is 62.9 Å². The smallest absolute Gasteiger partial charge is 0.418 e. The molecule has 4 fully saturated rings. The minimum absolute atomic E-state index is 0.0481. The van der Waals surface area contributed by atoms with Crippen molar-refractivity contribution in [3.63, 3.8) is 0 Å². The predicted molar refractivity (Wildman–Crippen MR) is 372 cm³/mol. The van der Waals surface area contributed by atoms with Gasteiger partial charge >= 0.3 is 12.2 Å². The van der Waals surface area contributed by atoms with Gasteiger partial charge in [0.1, 0.15) is 39.9 Å². The largest absolute Gasteiger partial charge is 0.443 e. The first-order valence-corrected chi connectivity index (χ1v) is 41.4. The van der Waals surface area contributed by atoms with Crippen molar-refractivity contribution in [2.45, 2.75) is 135 Å². The second-order valence-corrected chi connectivity index (χ2v) is 41.0. The number of rotatable bonds is 7. The molecule has 4 saturated heterocycles. The molecule has 8 aromatic rings. The number of nitrogens with zero attached hydrogens (tertiary/aromatic N) is 8. The van der Waals surface area contributed by atoms with Gasteiger partial charge in [-0.15, -0.1) is 0 Å². The summed E-state index contributed by atoms with van der Waals surface area (Å²) >= 11 is 3.98. The highest BCUT2D eigenvalue weighted by atomic mass is 79.9. The Hall–Kier alpha value is -8.45. The molecule has 7 aliphatic heterocycles. The number of benzene rings is 6. The first-order chi connectivity index (χ1) is 45.6. The number of alkyl halides is 1. The van der Waals surface area contributed by atoms with E-state index >= 15 is 0 Å². The molecule has 6 aromatic carbocycles. The van der Waals surface area contributed by atoms with Gasteiger partial charge in [0.2, 0.25) is 40.3 Å². The number of carbonyl (C=O) groups excluding carboxylic acids is 6. The molecule has 8 atom stereocenters. The van der Waals surface area contributed by atoms with Crippen LogP contribution in [-0.2, 0) is 67.3 Å². The van der Waals surface area contributed by atoms with Crippen molar-refractivity contribution < 1.29 is 63.9 Å². The van der Waals surface area contributed by atoms with Crippen LogP contribution in [0.25, 0.3) is 21.8 Å². The third kappa shape index (κ3) is 9.66. The van der Waals surface area contributed by atoms with Crippen molar-refractivity contribution in [1.29, 1.82) is 0 Å². The summed E-state index contributed by atoms with van der Waals surface area (Å²) in [5, 5.41) is 2.72. The Kier molecular flexibility index (Phi) is 15.1. The third-order valence-electron chi connectivity index (χ3n) is 19.3. The maximum atomic E-state index is 14.9. The summed E-state index contributed by atoms with van der Waals surface area (Å²) in [4.78, 5) is 90.4. The first-order valence-electron chi connectivity index (χ1n) is 31.9. The van der Waals surface area contributed by atoms with E-state index in [0.717, 1.165) is 5.39 Å². The van der Waals surface area contributed by atoms with Gasteiger partial charge in [0.25, 0.3) is 20.0 Å². The van der Waals surface area contributed by atoms with Gasteiger partial charge in [-0.2, -0.15) is 0 Å². The summed E-state index contributed by atoms with van der Waals surface area (Å²) in [6, 6.07) is 44.9. The summed E-state index contributed by atoms with van der Waals surface area (Å²) in [6.07, 6.45) is -5.54. The quantitative estimate of drug-likeness (QED) is 0.108. The van der Waals surface area contributed by atoms with Gasteiger partial charge in [-0.1, -0.05) is 125 Å². The molecule has 97 heavy (non-hydrogen) atoms. The van der Waals surface area contributed by atoms with Crippen molar-refractivity contribution in [1.82, 2.24) is 28.7 Å². The highest BCUT2D eigenvalue weighted by Crippen LogP contribution is 2.64. The van der Waals surface area contributed by atoms with Crippen molar-refractivity contribution in [2.75, 3.05) is 35.8 Å². The molecule has 0 unspecified atom stereocenters. The van der Waals surface area contributed by atoms with Crippen LogP contribution in [0.1, 0.15) is 58.2 Å². The van der Waals surface area contributed by atoms with E-state index in [2.05, 4.69) is 15.9 Å². The normalized spacial score (nSPS) is 24.8. The van der Waals surface area contributed by atoms with E-state index in [9.17, 15) is 45.6 Å². The third-order valence-corrected chi connectivity index (χ3v) is 29.0. The van der Waals surface area contributed by atoms with E-state index in [4.69, 9.17) is 18.3 Å². The lowest BCUT2D eigenvalue weighted by Crippen LogP contribution is -2.67. The number of carbonyl (C=O) groups is 6. The fraction of sp³-hybridized carbons (Fsp3) is 0.343. The van der Waals surface area contributed by atoms with Crippen molar-refractivity contribution in [3.05, 3.63) is 180 Å². The summed E-state index contributed by atoms with van der Waals surface area (Å²) in [5.74, 6) is -1.49. The zero-order valence-electron chi connectivity index (χ0n) is 55.5. The Labute approximate surface area is 572 Å². The molecular formula is C70H73BrN8O14S2Si2. The van der Waals surface area contributed by atoms with Crippen molar-refractivity contribution in [2.24, 2.45) is 0 Å². The van der Waals surface area contributed by atoms with E-state index in [1.807, 2.05) is 92.9 Å². The molecule has 22 nitrogen and oxygen atoms in total. The molecule has 7 aliphatic rings. The lowest BCUT2D eigenvalue weighted by Gasteiger charge is -2.46. The van der Waals surface area contributed by atoms with Crippen LogP contribution in [0.4, 0.5) is 21.0 Å². The molecule has 27 heteroatoms. The fourth-order valence-corrected chi connectivity index (χ4v) is 25.6. The van der Waals surface area contributed by atoms with E-state index < -0.39 is 112 Å². The SMILES string of the molecule is CN1CC(=O)N2[C@H](C1=O)[C@@H](O[Si](C)(C)c1cc3ccccc3n1C(=O)OC(C)(C)C)[C@]1(Br)c3ccccc3N(S(=O)(=O)c3ccccc3)[C@H]21.CN1CC(=O)N2[C@H](C1=O)[C@H]1O[Si](C)(C)c3c(c4ccccc4n3C(=O)OC(C)(C)C)[C@]13c1ccccc1N(S(=O)(=O)c1ccccc1)[C@H]23. The molecule has 0 bridgehead atoms. The van der Waals surface area contributed by atoms with Crippen LogP contribution < -0.4 is 19.2 Å². The lowest BCUT2D eigenvalue weighted by molar-refractivity contribution is -0.155. The number of piperazine rings is 2. The zero-order valence-corrected chi connectivity index (χ0v) is 60.7. The van der Waals surface area contributed by atoms with Gasteiger partial charge in [-0.3, -0.25) is 28.3 Å². The number of sulfonamides is 2. The van der Waals surface area contributed by atoms with Crippen LogP contribution in [0.5, 0.6) is 0 Å². The standard InChI is InChI=1S/C35H37BrN4O7SSi.C35H36N4O7SSi/c1-34(2,3)46-33(43)38-25-18-12-10-14-22(25)20-28(38)49(5,6)47-30-29-31(42)37(4)21-27(41)39(29)32-35(30,36)24-17-11-13-19-26(24)40(32)48(44,45)23-15-8-7-9-16-23;1-34(2,3)45-33(42)37-24-18-12-10-16-22(24)27-31(37)48(5,6)46-29-28-30(41)36(4)20-26(40)38(28)32-35(27,29)23-17-11-13-19-25(23)39(32)47(43,44)21-14-8-7-9-15-21/h7-20,29-30,32H,21H2,1-6H3;7-19,28-29,32H,20H2,1-6H3/t29-,30+,32-,35+;28-,29+,32-,35+/m00/s1. The monoisotopic (exact) mass is 1450 g/mol. The number of amides is 4. The van der Waals surface area contributed by atoms with Crippen molar-refractivity contribution >= 4 is 132 Å². The average Bonchev–Trinajstić information content (AvgIpc) is 1.48. The van der Waals surface area contributed by atoms with Gasteiger partial charge in [-0.25, -0.2) is 35.0 Å². The van der Waals surface area contributed by atoms with Crippen LogP contribution in [0.3, 0.4) is 0 Å². The number of likely N-dealkylation sites (N-methyl/N-ethyl adjacent to an activating group) is 2. The van der Waals surface area contributed by atoms with E-state index in [0.29, 0.717) is 55.1 Å². The zero-order chi connectivity index (χ0) is 69.4. The number of anilines is 2. The van der Waals surface area contributed by atoms with Gasteiger partial charge in [0, 0.05) is 35.5 Å². The minimum Gasteiger partial charge on any atom is -0.443 e. The fourth-order valence-electron chi connectivity index (χ4n) is 15.7. The van der Waals surface area contributed by atoms with E-state index in [1.165, 1.54) is 57.0 Å². The van der Waals surface area contributed by atoms with E-state index in [-0.39, 0.29) is 40.6 Å². The molecule has 9 heterocycles. The molecule has 0 N–H and O–H groups in total. The number of fused-ring (bicyclic) bond motifs is 13. The van der Waals surface area contributed by atoms with Crippen LogP contribution in [0.15, 0.2) is 174 Å². The number of ether oxygens (including phenoxy) is 2. The highest BCUT2D eigenvalue weighted by molar-refractivity contribution is 9.09. The Morgan fingerprint density at radius 2 is 1.04 bits per heavy atom. The second-order valence-electron chi connectivity index (χ2n) is 28.6. The molecule has 15 rings (SSSR count). The number of halogens is 1. The predicted octanol–water partition coefficient (Wildman–Crippen LogP) is 8.47. The van der Waals surface area contributed by atoms with Gasteiger partial charge in [0.15, 0.2) is 0 Å². The van der Waals surface area contributed by atoms with Gasteiger partial charge in [-0.05, 0) is 139 Å². The molecule has 504 valence electrons. The molecule has 4 amide bonds. The average molecular weight is 1450 g/mol. The molecular weight excluding hydrogens is 1380 g/mol. The lowest BCUT2D eigenvalue weighted by atomic mass is 9.70. The van der Waals surface area contributed by atoms with Crippen LogP contribution in [-0.4, -0.2) is 173 Å². The molecule has 0 aliphatic carbocycles. The van der Waals surface area contributed by atoms with Crippen LogP contribution in [0, 0.1) is 0 Å². The summed E-state index contributed by atoms with van der Waals surface area (Å²) in [5.41, 5.74) is 0.892. The first kappa shape index (κ1) is 65.8. The highest BCUT2D eigenvalue weighted by Gasteiger charge is 2.77. The summed E-state index contributed by atoms with van der Waals surface area (Å²) in [6.45, 7) is 18.2. The molecule has 2 aromatic heterocycles. The van der Waals surface area contributed by atoms with Crippen LogP contribution >= 0.6 is 15.9 Å². The maximum absolute atomic E-state index is 14.9. The number of hydrogen-bond donors (Lipinski definition) is 0. The Morgan fingerprint density at radius 3 is 1.61 bits per heavy atom. The topological polar surface area (TPSA) is 237 Å². The second kappa shape index (κ2) is 22.3. The Balaban J connectivity index is 0.000000166. The number of aromatic nitrogens is 2. The van der Waals surface area contributed by atoms with Crippen LogP contribution in [0.2, 0.25) is 26.2 Å². The number of para-hydroxylation sites is 4. The summed E-state index contributed by atoms with van der Waals surface area (Å²) < 4.78 is 89.4.